The number of fused-ring (bicyclic) bond motifs is 5. The quantitative estimate of drug-likeness (QED) is 0.227. The summed E-state index contributed by atoms with van der Waals surface area (Å²) in [5, 5.41) is 0. The van der Waals surface area contributed by atoms with Crippen molar-refractivity contribution in [1.82, 2.24) is 0 Å². The van der Waals surface area contributed by atoms with Gasteiger partial charge in [0, 0.05) is 38.2 Å². The summed E-state index contributed by atoms with van der Waals surface area (Å²) in [5.74, 6) is 0.719. The molecule has 0 aliphatic heterocycles. The number of methoxy groups -OCH3 is 1. The first-order chi connectivity index (χ1) is 16.5. The van der Waals surface area contributed by atoms with Gasteiger partial charge in [0.2, 0.25) is 0 Å². The van der Waals surface area contributed by atoms with E-state index < -0.39 is 0 Å². The fourth-order valence-corrected chi connectivity index (χ4v) is 8.05. The summed E-state index contributed by atoms with van der Waals surface area (Å²) < 4.78 is 16.3. The van der Waals surface area contributed by atoms with Crippen molar-refractivity contribution in [2.24, 2.45) is 34.5 Å². The summed E-state index contributed by atoms with van der Waals surface area (Å²) in [6.07, 6.45) is 13.2. The highest BCUT2D eigenvalue weighted by Gasteiger charge is 2.60. The zero-order valence-electron chi connectivity index (χ0n) is 22.0. The number of ether oxygens (including phenoxy) is 3. The Morgan fingerprint density at radius 3 is 2.43 bits per heavy atom. The molecule has 0 aromatic carbocycles. The van der Waals surface area contributed by atoms with Crippen LogP contribution in [0.15, 0.2) is 35.5 Å². The predicted molar refractivity (Wildman–Crippen MR) is 132 cm³/mol. The fourth-order valence-electron chi connectivity index (χ4n) is 8.05. The third kappa shape index (κ3) is 4.49. The lowest BCUT2D eigenvalue weighted by atomic mass is 9.46. The lowest BCUT2D eigenvalue weighted by molar-refractivity contribution is -0.171. The number of hydrogen-bond donors (Lipinski definition) is 0. The summed E-state index contributed by atoms with van der Waals surface area (Å²) in [7, 11) is 1.40. The van der Waals surface area contributed by atoms with Gasteiger partial charge >= 0.3 is 17.9 Å². The van der Waals surface area contributed by atoms with Crippen molar-refractivity contribution in [3.63, 3.8) is 0 Å². The number of rotatable bonds is 5. The number of allylic oxidation sites excluding steroid dienone is 4. The van der Waals surface area contributed by atoms with Crippen LogP contribution >= 0.6 is 0 Å². The fraction of sp³-hybridized carbons (Fsp3) is 0.690. The maximum absolute atomic E-state index is 12.1. The normalized spacial score (nSPS) is 38.9. The maximum atomic E-state index is 12.1. The minimum atomic E-state index is -0.320. The van der Waals surface area contributed by atoms with Gasteiger partial charge in [0.05, 0.1) is 7.11 Å². The van der Waals surface area contributed by atoms with E-state index >= 15 is 0 Å². The Hall–Kier alpha value is -2.37. The van der Waals surface area contributed by atoms with Gasteiger partial charge in [-0.25, -0.2) is 4.79 Å². The van der Waals surface area contributed by atoms with Gasteiger partial charge in [-0.2, -0.15) is 0 Å². The van der Waals surface area contributed by atoms with Crippen molar-refractivity contribution in [3.05, 3.63) is 35.5 Å². The van der Waals surface area contributed by atoms with E-state index in [1.807, 2.05) is 6.08 Å². The second kappa shape index (κ2) is 9.59. The summed E-state index contributed by atoms with van der Waals surface area (Å²) in [5.41, 5.74) is 2.56. The summed E-state index contributed by atoms with van der Waals surface area (Å²) >= 11 is 0. The molecule has 0 saturated heterocycles. The molecular formula is C29H40O6. The largest absolute Gasteiger partial charge is 0.466 e. The van der Waals surface area contributed by atoms with Crippen LogP contribution in [0.5, 0.6) is 0 Å². The van der Waals surface area contributed by atoms with E-state index in [1.54, 1.807) is 0 Å². The molecule has 0 aromatic rings. The van der Waals surface area contributed by atoms with Gasteiger partial charge in [-0.15, -0.1) is 0 Å². The second-order valence-electron chi connectivity index (χ2n) is 11.4. The Balaban J connectivity index is 1.61. The average Bonchev–Trinajstić information content (AvgIpc) is 3.14. The molecule has 6 heteroatoms. The van der Waals surface area contributed by atoms with Crippen molar-refractivity contribution in [2.75, 3.05) is 7.11 Å². The van der Waals surface area contributed by atoms with E-state index in [4.69, 9.17) is 14.2 Å². The van der Waals surface area contributed by atoms with E-state index in [0.717, 1.165) is 32.1 Å². The van der Waals surface area contributed by atoms with E-state index in [2.05, 4.69) is 32.9 Å². The molecule has 0 bridgehead atoms. The Bertz CT molecular complexity index is 976. The zero-order valence-corrected chi connectivity index (χ0v) is 22.0. The van der Waals surface area contributed by atoms with Crippen LogP contribution in [0, 0.1) is 34.5 Å². The Kier molecular flexibility index (Phi) is 7.05. The standard InChI is InChI=1S/C29H40O6/c1-17(7-12-27(32)33-6)23-10-11-24-22-9-8-20-15-21(34-18(2)30)16-26(35-19(3)31)29(20,5)25(22)13-14-28(23,24)4/h7-8,10,12,17,21-22,24-26H,9,11,13-16H2,1-6H3/b12-7+/t17-,21-,22+,24+,25+,26+,28-,29+/m1/s1. The molecule has 192 valence electrons. The van der Waals surface area contributed by atoms with Crippen LogP contribution in [-0.4, -0.2) is 37.2 Å². The number of hydrogen-bond acceptors (Lipinski definition) is 6. The van der Waals surface area contributed by atoms with Gasteiger partial charge < -0.3 is 14.2 Å². The van der Waals surface area contributed by atoms with Crippen molar-refractivity contribution in [3.8, 4) is 0 Å². The van der Waals surface area contributed by atoms with Crippen LogP contribution in [0.2, 0.25) is 0 Å². The summed E-state index contributed by atoms with van der Waals surface area (Å²) in [4.78, 5) is 35.4. The van der Waals surface area contributed by atoms with Gasteiger partial charge in [-0.1, -0.05) is 50.1 Å². The van der Waals surface area contributed by atoms with Crippen molar-refractivity contribution in [2.45, 2.75) is 85.4 Å². The highest BCUT2D eigenvalue weighted by molar-refractivity contribution is 5.81. The molecule has 0 amide bonds. The molecule has 8 atom stereocenters. The van der Waals surface area contributed by atoms with Crippen molar-refractivity contribution in [1.29, 1.82) is 0 Å². The zero-order chi connectivity index (χ0) is 25.5. The minimum absolute atomic E-state index is 0.0919. The number of carbonyl (C=O) groups is 3. The van der Waals surface area contributed by atoms with Gasteiger partial charge in [0.1, 0.15) is 12.2 Å². The molecular weight excluding hydrogens is 444 g/mol. The molecule has 0 heterocycles. The minimum Gasteiger partial charge on any atom is -0.466 e. The van der Waals surface area contributed by atoms with Crippen LogP contribution in [-0.2, 0) is 28.6 Å². The van der Waals surface area contributed by atoms with Crippen LogP contribution in [0.3, 0.4) is 0 Å². The molecule has 0 N–H and O–H groups in total. The SMILES string of the molecule is COC(=O)/C=C/[C@@H](C)C1=CC[C@H]2[C@@H]3CC=C4C[C@@H](OC(C)=O)C[C@H](OC(C)=O)[C@]4(C)[C@H]3CC[C@]12C. The average molecular weight is 485 g/mol. The Labute approximate surface area is 209 Å². The van der Waals surface area contributed by atoms with Gasteiger partial charge in [-0.05, 0) is 54.8 Å². The van der Waals surface area contributed by atoms with Gasteiger partial charge in [0.15, 0.2) is 0 Å². The molecule has 4 aliphatic carbocycles. The van der Waals surface area contributed by atoms with Gasteiger partial charge in [0.25, 0.3) is 0 Å². The third-order valence-electron chi connectivity index (χ3n) is 9.62. The molecule has 0 radical (unpaired) electrons. The lowest BCUT2D eigenvalue weighted by Crippen LogP contribution is -2.56. The maximum Gasteiger partial charge on any atom is 0.330 e. The Morgan fingerprint density at radius 2 is 1.77 bits per heavy atom. The van der Waals surface area contributed by atoms with Crippen molar-refractivity contribution >= 4 is 17.9 Å². The molecule has 35 heavy (non-hydrogen) atoms. The molecule has 2 saturated carbocycles. The van der Waals surface area contributed by atoms with Crippen LogP contribution in [0.25, 0.3) is 0 Å². The lowest BCUT2D eigenvalue weighted by Gasteiger charge is -2.59. The highest BCUT2D eigenvalue weighted by Crippen LogP contribution is 2.66. The molecule has 2 fully saturated rings. The molecule has 6 nitrogen and oxygen atoms in total. The predicted octanol–water partition coefficient (Wildman–Crippen LogP) is 5.32. The molecule has 0 aromatic heterocycles. The third-order valence-corrected chi connectivity index (χ3v) is 9.62. The smallest absolute Gasteiger partial charge is 0.330 e. The number of esters is 3. The van der Waals surface area contributed by atoms with Crippen LogP contribution in [0.4, 0.5) is 0 Å². The first-order valence-electron chi connectivity index (χ1n) is 13.0. The topological polar surface area (TPSA) is 78.9 Å². The van der Waals surface area contributed by atoms with Crippen molar-refractivity contribution < 1.29 is 28.6 Å². The summed E-state index contributed by atoms with van der Waals surface area (Å²) in [6.45, 7) is 9.75. The van der Waals surface area contributed by atoms with Gasteiger partial charge in [-0.3, -0.25) is 9.59 Å². The number of carbonyl (C=O) groups excluding carboxylic acids is 3. The Morgan fingerprint density at radius 1 is 1.06 bits per heavy atom. The molecule has 4 aliphatic rings. The molecule has 0 unspecified atom stereocenters. The van der Waals surface area contributed by atoms with Crippen LogP contribution < -0.4 is 0 Å². The second-order valence-corrected chi connectivity index (χ2v) is 11.4. The first-order valence-corrected chi connectivity index (χ1v) is 13.0. The van der Waals surface area contributed by atoms with E-state index in [-0.39, 0.29) is 46.9 Å². The van der Waals surface area contributed by atoms with E-state index in [0.29, 0.717) is 24.2 Å². The van der Waals surface area contributed by atoms with E-state index in [9.17, 15) is 14.4 Å². The molecule has 4 rings (SSSR count). The summed E-state index contributed by atoms with van der Waals surface area (Å²) in [6, 6.07) is 0. The monoisotopic (exact) mass is 484 g/mol. The highest BCUT2D eigenvalue weighted by atomic mass is 16.6. The molecule has 0 spiro atoms. The van der Waals surface area contributed by atoms with Crippen LogP contribution in [0.1, 0.15) is 73.1 Å². The first kappa shape index (κ1) is 25.7. The van der Waals surface area contributed by atoms with E-state index in [1.165, 1.54) is 38.2 Å².